The van der Waals surface area contributed by atoms with Gasteiger partial charge in [-0.25, -0.2) is 0 Å². The van der Waals surface area contributed by atoms with Gasteiger partial charge in [-0.3, -0.25) is 0 Å². The van der Waals surface area contributed by atoms with Crippen LogP contribution in [0.3, 0.4) is 0 Å². The fourth-order valence-corrected chi connectivity index (χ4v) is 3.72. The Kier molecular flexibility index (Phi) is 7.25. The molecule has 0 spiro atoms. The highest BCUT2D eigenvalue weighted by Gasteiger charge is 2.09. The summed E-state index contributed by atoms with van der Waals surface area (Å²) in [7, 11) is 0. The quantitative estimate of drug-likeness (QED) is 0.466. The van der Waals surface area contributed by atoms with Gasteiger partial charge in [0.1, 0.15) is 0 Å². The predicted molar refractivity (Wildman–Crippen MR) is 122 cm³/mol. The minimum Gasteiger partial charge on any atom is -0.0949 e. The van der Waals surface area contributed by atoms with Crippen LogP contribution in [-0.4, -0.2) is 0 Å². The van der Waals surface area contributed by atoms with Gasteiger partial charge in [0.2, 0.25) is 0 Å². The van der Waals surface area contributed by atoms with Crippen LogP contribution in [0, 0.1) is 5.41 Å². The van der Waals surface area contributed by atoms with E-state index < -0.39 is 0 Å². The van der Waals surface area contributed by atoms with E-state index in [9.17, 15) is 0 Å². The van der Waals surface area contributed by atoms with Gasteiger partial charge in [0, 0.05) is 0 Å². The van der Waals surface area contributed by atoms with Crippen LogP contribution in [0.2, 0.25) is 0 Å². The van der Waals surface area contributed by atoms with Gasteiger partial charge in [-0.2, -0.15) is 0 Å². The second-order valence-corrected chi connectivity index (χ2v) is 8.81. The van der Waals surface area contributed by atoms with Gasteiger partial charge in [0.15, 0.2) is 0 Å². The van der Waals surface area contributed by atoms with Crippen LogP contribution in [0.15, 0.2) is 61.2 Å². The Balaban J connectivity index is 2.07. The van der Waals surface area contributed by atoms with Crippen molar-refractivity contribution < 1.29 is 0 Å². The highest BCUT2D eigenvalue weighted by atomic mass is 14.1. The van der Waals surface area contributed by atoms with E-state index in [1.165, 1.54) is 46.2 Å². The van der Waals surface area contributed by atoms with E-state index in [-0.39, 0.29) is 5.41 Å². The van der Waals surface area contributed by atoms with Crippen molar-refractivity contribution in [3.8, 4) is 0 Å². The molecular weight excluding hydrogens is 324 g/mol. The molecule has 2 aromatic rings. The molecule has 0 aromatic heterocycles. The van der Waals surface area contributed by atoms with Crippen LogP contribution in [0.25, 0.3) is 11.1 Å². The van der Waals surface area contributed by atoms with Crippen LogP contribution in [0.1, 0.15) is 82.6 Å². The van der Waals surface area contributed by atoms with E-state index >= 15 is 0 Å². The number of hydrogen-bond acceptors (Lipinski definition) is 0. The van der Waals surface area contributed by atoms with Gasteiger partial charge in [-0.05, 0) is 70.9 Å². The van der Waals surface area contributed by atoms with Gasteiger partial charge in [0.05, 0.1) is 0 Å². The van der Waals surface area contributed by atoms with Crippen molar-refractivity contribution in [2.45, 2.75) is 66.7 Å². The molecule has 0 amide bonds. The lowest BCUT2D eigenvalue weighted by Gasteiger charge is -2.15. The first-order chi connectivity index (χ1) is 12.7. The van der Waals surface area contributed by atoms with Crippen molar-refractivity contribution in [3.63, 3.8) is 0 Å². The fraction of sp³-hybridized carbons (Fsp3) is 0.407. The summed E-state index contributed by atoms with van der Waals surface area (Å²) in [5.74, 6) is 0.680. The third-order valence-corrected chi connectivity index (χ3v) is 5.25. The molecule has 2 rings (SSSR count). The lowest BCUT2D eigenvalue weighted by molar-refractivity contribution is 0.545. The number of rotatable bonds is 7. The Bertz CT molecular complexity index is 760. The summed E-state index contributed by atoms with van der Waals surface area (Å²) in [6, 6.07) is 18.0. The third kappa shape index (κ3) is 6.24. The van der Waals surface area contributed by atoms with Crippen LogP contribution >= 0.6 is 0 Å². The average molecular weight is 361 g/mol. The standard InChI is InChI=1S/C27H36/c1-8-23(9-2)26-12-10-22(11-13-26)18-20(3)24-14-16-25(17-15-24)21(4)19-27(5,6)7/h10-17,19,23H,3,8-9,18H2,1-2,4-7H3/b21-19+. The molecule has 27 heavy (non-hydrogen) atoms. The van der Waals surface area contributed by atoms with E-state index in [0.29, 0.717) is 5.92 Å². The molecule has 0 radical (unpaired) electrons. The molecule has 0 heteroatoms. The van der Waals surface area contributed by atoms with Crippen molar-refractivity contribution >= 4 is 11.1 Å². The van der Waals surface area contributed by atoms with Crippen molar-refractivity contribution in [1.82, 2.24) is 0 Å². The minimum atomic E-state index is 0.201. The summed E-state index contributed by atoms with van der Waals surface area (Å²) >= 11 is 0. The third-order valence-electron chi connectivity index (χ3n) is 5.25. The SMILES string of the molecule is C=C(Cc1ccc(C(CC)CC)cc1)c1ccc(/C(C)=C/C(C)(C)C)cc1. The van der Waals surface area contributed by atoms with E-state index in [1.54, 1.807) is 0 Å². The van der Waals surface area contributed by atoms with Crippen LogP contribution in [0.5, 0.6) is 0 Å². The zero-order chi connectivity index (χ0) is 20.0. The molecule has 0 aliphatic heterocycles. The summed E-state index contributed by atoms with van der Waals surface area (Å²) < 4.78 is 0. The predicted octanol–water partition coefficient (Wildman–Crippen LogP) is 8.30. The Hall–Kier alpha value is -2.08. The van der Waals surface area contributed by atoms with Crippen LogP contribution in [0.4, 0.5) is 0 Å². The monoisotopic (exact) mass is 360 g/mol. The van der Waals surface area contributed by atoms with Crippen LogP contribution < -0.4 is 0 Å². The topological polar surface area (TPSA) is 0 Å². The first-order valence-corrected chi connectivity index (χ1v) is 10.3. The molecule has 0 heterocycles. The molecule has 2 aromatic carbocycles. The highest BCUT2D eigenvalue weighted by molar-refractivity contribution is 5.70. The second-order valence-electron chi connectivity index (χ2n) is 8.81. The molecule has 0 atom stereocenters. The Morgan fingerprint density at radius 3 is 1.89 bits per heavy atom. The lowest BCUT2D eigenvalue weighted by atomic mass is 9.90. The molecule has 0 N–H and O–H groups in total. The van der Waals surface area contributed by atoms with Gasteiger partial charge in [-0.15, -0.1) is 0 Å². The summed E-state index contributed by atoms with van der Waals surface area (Å²) in [5.41, 5.74) is 8.02. The summed E-state index contributed by atoms with van der Waals surface area (Å²) in [5, 5.41) is 0. The summed E-state index contributed by atoms with van der Waals surface area (Å²) in [6.45, 7) is 17.8. The van der Waals surface area contributed by atoms with E-state index in [4.69, 9.17) is 0 Å². The van der Waals surface area contributed by atoms with E-state index in [1.807, 2.05) is 0 Å². The van der Waals surface area contributed by atoms with Gasteiger partial charge in [0.25, 0.3) is 0 Å². The molecule has 0 saturated carbocycles. The van der Waals surface area contributed by atoms with Crippen molar-refractivity contribution in [2.24, 2.45) is 5.41 Å². The number of allylic oxidation sites excluding steroid dienone is 3. The first kappa shape index (κ1) is 21.2. The maximum Gasteiger partial charge on any atom is -0.00257 e. The van der Waals surface area contributed by atoms with Gasteiger partial charge >= 0.3 is 0 Å². The van der Waals surface area contributed by atoms with E-state index in [2.05, 4.69) is 103 Å². The van der Waals surface area contributed by atoms with Gasteiger partial charge < -0.3 is 0 Å². The zero-order valence-corrected chi connectivity index (χ0v) is 18.1. The van der Waals surface area contributed by atoms with Crippen molar-refractivity contribution in [1.29, 1.82) is 0 Å². The lowest BCUT2D eigenvalue weighted by Crippen LogP contribution is -2.00. The van der Waals surface area contributed by atoms with Crippen molar-refractivity contribution in [3.05, 3.63) is 83.4 Å². The zero-order valence-electron chi connectivity index (χ0n) is 18.1. The summed E-state index contributed by atoms with van der Waals surface area (Å²) in [6.07, 6.45) is 5.65. The number of benzene rings is 2. The smallest absolute Gasteiger partial charge is 0.00257 e. The van der Waals surface area contributed by atoms with Gasteiger partial charge in [-0.1, -0.05) is 95.8 Å². The average Bonchev–Trinajstić information content (AvgIpc) is 2.63. The Morgan fingerprint density at radius 2 is 1.41 bits per heavy atom. The molecular formula is C27H36. The highest BCUT2D eigenvalue weighted by Crippen LogP contribution is 2.27. The van der Waals surface area contributed by atoms with E-state index in [0.717, 1.165) is 6.42 Å². The maximum atomic E-state index is 4.33. The number of hydrogen-bond donors (Lipinski definition) is 0. The largest absolute Gasteiger partial charge is 0.0949 e. The molecule has 0 fully saturated rings. The van der Waals surface area contributed by atoms with Crippen molar-refractivity contribution in [2.75, 3.05) is 0 Å². The molecule has 0 aliphatic carbocycles. The second kappa shape index (κ2) is 9.22. The molecule has 0 nitrogen and oxygen atoms in total. The van der Waals surface area contributed by atoms with Crippen LogP contribution in [-0.2, 0) is 6.42 Å². The minimum absolute atomic E-state index is 0.201. The normalized spacial score (nSPS) is 12.5. The molecule has 0 bridgehead atoms. The Labute approximate surface area is 167 Å². The summed E-state index contributed by atoms with van der Waals surface area (Å²) in [4.78, 5) is 0. The first-order valence-electron chi connectivity index (χ1n) is 10.3. The maximum absolute atomic E-state index is 4.33. The fourth-order valence-electron chi connectivity index (χ4n) is 3.72. The molecule has 0 unspecified atom stereocenters. The molecule has 144 valence electrons. The molecule has 0 aliphatic rings. The Morgan fingerprint density at radius 1 is 0.889 bits per heavy atom. The molecule has 0 saturated heterocycles.